The summed E-state index contributed by atoms with van der Waals surface area (Å²) in [5.74, 6) is 0. The molecule has 50 heavy (non-hydrogen) atoms. The van der Waals surface area contributed by atoms with Crippen molar-refractivity contribution in [1.29, 1.82) is 0 Å². The molecule has 0 radical (unpaired) electrons. The van der Waals surface area contributed by atoms with Gasteiger partial charge in [-0.1, -0.05) is 115 Å². The minimum absolute atomic E-state index is 0.488. The van der Waals surface area contributed by atoms with Crippen LogP contribution >= 0.6 is 0 Å². The SMILES string of the molecule is NCc1ccc(-c2c3nc(c(-c4ccccc4)c4ccc([nH]4)c(-c4ccccc4)c4nc(c(-c5ccccc5)c5ccc2[nH]5)C=C4)C=C3)cc1. The summed E-state index contributed by atoms with van der Waals surface area (Å²) >= 11 is 0. The molecule has 0 spiro atoms. The molecule has 0 atom stereocenters. The smallest absolute Gasteiger partial charge is 0.0737 e. The molecule has 0 amide bonds. The third-order valence-corrected chi connectivity index (χ3v) is 9.42. The lowest BCUT2D eigenvalue weighted by Gasteiger charge is -2.07. The van der Waals surface area contributed by atoms with Gasteiger partial charge in [0.1, 0.15) is 0 Å². The number of hydrogen-bond donors (Lipinski definition) is 3. The number of benzene rings is 4. The van der Waals surface area contributed by atoms with Gasteiger partial charge in [-0.15, -0.1) is 0 Å². The van der Waals surface area contributed by atoms with Crippen molar-refractivity contribution in [3.05, 3.63) is 168 Å². The minimum atomic E-state index is 0.488. The van der Waals surface area contributed by atoms with E-state index in [0.29, 0.717) is 6.54 Å². The van der Waals surface area contributed by atoms with Crippen LogP contribution in [0.2, 0.25) is 0 Å². The number of nitrogens with two attached hydrogens (primary N) is 1. The summed E-state index contributed by atoms with van der Waals surface area (Å²) in [6.07, 6.45) is 8.51. The van der Waals surface area contributed by atoms with E-state index in [0.717, 1.165) is 94.9 Å². The number of hydrogen-bond acceptors (Lipinski definition) is 3. The van der Waals surface area contributed by atoms with E-state index in [-0.39, 0.29) is 0 Å². The largest absolute Gasteiger partial charge is 0.354 e. The Balaban J connectivity index is 1.47. The van der Waals surface area contributed by atoms with Gasteiger partial charge in [0.25, 0.3) is 0 Å². The van der Waals surface area contributed by atoms with Crippen LogP contribution in [-0.4, -0.2) is 19.9 Å². The van der Waals surface area contributed by atoms with E-state index < -0.39 is 0 Å². The summed E-state index contributed by atoms with van der Waals surface area (Å²) in [5, 5.41) is 0. The Morgan fingerprint density at radius 1 is 0.360 bits per heavy atom. The van der Waals surface area contributed by atoms with Gasteiger partial charge in [-0.3, -0.25) is 0 Å². The molecular weight excluding hydrogens is 611 g/mol. The second-order valence-corrected chi connectivity index (χ2v) is 12.5. The van der Waals surface area contributed by atoms with Gasteiger partial charge in [-0.05, 0) is 76.4 Å². The molecule has 9 rings (SSSR count). The molecule has 4 N–H and O–H groups in total. The molecule has 0 saturated heterocycles. The van der Waals surface area contributed by atoms with Gasteiger partial charge >= 0.3 is 0 Å². The Hall–Kier alpha value is -6.56. The average molecular weight is 644 g/mol. The zero-order valence-corrected chi connectivity index (χ0v) is 27.3. The van der Waals surface area contributed by atoms with E-state index in [9.17, 15) is 0 Å². The summed E-state index contributed by atoms with van der Waals surface area (Å²) in [5.41, 5.74) is 23.0. The van der Waals surface area contributed by atoms with Crippen LogP contribution in [0.15, 0.2) is 140 Å². The van der Waals surface area contributed by atoms with Gasteiger partial charge in [0.05, 0.1) is 22.8 Å². The lowest BCUT2D eigenvalue weighted by molar-refractivity contribution is 1.07. The van der Waals surface area contributed by atoms with Crippen molar-refractivity contribution >= 4 is 46.4 Å². The highest BCUT2D eigenvalue weighted by Crippen LogP contribution is 2.38. The Morgan fingerprint density at radius 3 is 0.960 bits per heavy atom. The van der Waals surface area contributed by atoms with Crippen molar-refractivity contribution in [2.75, 3.05) is 0 Å². The van der Waals surface area contributed by atoms with Gasteiger partial charge in [0, 0.05) is 50.9 Å². The highest BCUT2D eigenvalue weighted by atomic mass is 14.8. The number of nitrogens with one attached hydrogen (secondary N) is 2. The summed E-state index contributed by atoms with van der Waals surface area (Å²) in [4.78, 5) is 18.3. The molecule has 7 aromatic rings. The summed E-state index contributed by atoms with van der Waals surface area (Å²) in [7, 11) is 0. The normalized spacial score (nSPS) is 12.0. The van der Waals surface area contributed by atoms with Crippen LogP contribution in [0, 0.1) is 0 Å². The fourth-order valence-electron chi connectivity index (χ4n) is 7.04. The topological polar surface area (TPSA) is 83.4 Å². The highest BCUT2D eigenvalue weighted by molar-refractivity contribution is 5.99. The van der Waals surface area contributed by atoms with Crippen molar-refractivity contribution in [2.24, 2.45) is 5.73 Å². The Labute approximate surface area is 290 Å². The van der Waals surface area contributed by atoms with E-state index in [4.69, 9.17) is 15.7 Å². The van der Waals surface area contributed by atoms with Crippen molar-refractivity contribution in [1.82, 2.24) is 19.9 Å². The Kier molecular flexibility index (Phi) is 7.38. The van der Waals surface area contributed by atoms with E-state index in [2.05, 4.69) is 156 Å². The first-order valence-electron chi connectivity index (χ1n) is 16.9. The van der Waals surface area contributed by atoms with E-state index in [1.54, 1.807) is 0 Å². The van der Waals surface area contributed by atoms with Gasteiger partial charge < -0.3 is 15.7 Å². The van der Waals surface area contributed by atoms with Gasteiger partial charge in [0.15, 0.2) is 0 Å². The monoisotopic (exact) mass is 643 g/mol. The molecule has 3 aromatic heterocycles. The molecule has 0 unspecified atom stereocenters. The second-order valence-electron chi connectivity index (χ2n) is 12.5. The molecule has 5 heterocycles. The summed E-state index contributed by atoms with van der Waals surface area (Å²) < 4.78 is 0. The molecule has 5 heteroatoms. The molecule has 8 bridgehead atoms. The van der Waals surface area contributed by atoms with Gasteiger partial charge in [-0.25, -0.2) is 9.97 Å². The average Bonchev–Trinajstić information content (AvgIpc) is 4.01. The zero-order valence-electron chi connectivity index (χ0n) is 27.3. The first-order chi connectivity index (χ1) is 24.7. The van der Waals surface area contributed by atoms with Crippen molar-refractivity contribution in [3.63, 3.8) is 0 Å². The number of aromatic nitrogens is 4. The molecule has 5 nitrogen and oxygen atoms in total. The van der Waals surface area contributed by atoms with Gasteiger partial charge in [-0.2, -0.15) is 0 Å². The predicted octanol–water partition coefficient (Wildman–Crippen LogP) is 10.8. The second kappa shape index (κ2) is 12.5. The zero-order chi connectivity index (χ0) is 33.4. The molecular formula is C45H33N5. The third-order valence-electron chi connectivity index (χ3n) is 9.42. The fraction of sp³-hybridized carbons (Fsp3) is 0.0222. The summed E-state index contributed by atoms with van der Waals surface area (Å²) in [6.45, 7) is 0.488. The molecule has 2 aliphatic heterocycles. The third kappa shape index (κ3) is 5.27. The molecule has 4 aromatic carbocycles. The lowest BCUT2D eigenvalue weighted by Crippen LogP contribution is -1.95. The molecule has 2 aliphatic rings. The van der Waals surface area contributed by atoms with Crippen LogP contribution in [-0.2, 0) is 6.54 Å². The first kappa shape index (κ1) is 29.6. The van der Waals surface area contributed by atoms with Crippen LogP contribution < -0.4 is 5.73 Å². The van der Waals surface area contributed by atoms with E-state index in [1.807, 2.05) is 18.2 Å². The maximum atomic E-state index is 5.99. The van der Waals surface area contributed by atoms with E-state index >= 15 is 0 Å². The van der Waals surface area contributed by atoms with Gasteiger partial charge in [0.2, 0.25) is 0 Å². The molecule has 0 fully saturated rings. The fourth-order valence-corrected chi connectivity index (χ4v) is 7.04. The van der Waals surface area contributed by atoms with Crippen LogP contribution in [0.5, 0.6) is 0 Å². The van der Waals surface area contributed by atoms with Crippen molar-refractivity contribution in [2.45, 2.75) is 6.54 Å². The van der Waals surface area contributed by atoms with Crippen molar-refractivity contribution in [3.8, 4) is 44.5 Å². The van der Waals surface area contributed by atoms with Crippen LogP contribution in [0.25, 0.3) is 90.9 Å². The lowest BCUT2D eigenvalue weighted by atomic mass is 10.0. The van der Waals surface area contributed by atoms with Crippen molar-refractivity contribution < 1.29 is 0 Å². The molecule has 0 saturated carbocycles. The minimum Gasteiger partial charge on any atom is -0.354 e. The van der Waals surface area contributed by atoms with Crippen LogP contribution in [0.1, 0.15) is 28.3 Å². The number of H-pyrrole nitrogens is 2. The number of nitrogens with zero attached hydrogens (tertiary/aromatic N) is 2. The number of rotatable bonds is 5. The standard InChI is InChI=1S/C45H33N5/c46-28-29-16-18-33(19-17-29)45-40-26-24-38(49-40)43(31-12-6-2-7-13-31)36-22-20-34(47-36)42(30-10-4-1-5-11-30)35-21-23-37(48-35)44(32-14-8-3-9-15-32)39-25-27-41(45)50-39/h1-27,47,50H,28,46H2. The predicted molar refractivity (Wildman–Crippen MR) is 208 cm³/mol. The maximum absolute atomic E-state index is 5.99. The Bertz CT molecular complexity index is 2560. The van der Waals surface area contributed by atoms with Crippen LogP contribution in [0.4, 0.5) is 0 Å². The quantitative estimate of drug-likeness (QED) is 0.174. The maximum Gasteiger partial charge on any atom is 0.0737 e. The number of fused-ring (bicyclic) bond motifs is 8. The Morgan fingerprint density at radius 2 is 0.660 bits per heavy atom. The molecule has 238 valence electrons. The van der Waals surface area contributed by atoms with Crippen LogP contribution in [0.3, 0.4) is 0 Å². The van der Waals surface area contributed by atoms with E-state index in [1.165, 1.54) is 0 Å². The number of aromatic amines is 2. The highest BCUT2D eigenvalue weighted by Gasteiger charge is 2.18. The molecule has 0 aliphatic carbocycles. The summed E-state index contributed by atoms with van der Waals surface area (Å²) in [6, 6.07) is 48.5. The first-order valence-corrected chi connectivity index (χ1v) is 16.9.